The van der Waals surface area contributed by atoms with Crippen LogP contribution in [0.15, 0.2) is 219 Å². The summed E-state index contributed by atoms with van der Waals surface area (Å²) in [6.45, 7) is 22.4. The summed E-state index contributed by atoms with van der Waals surface area (Å²) in [7, 11) is 12.7. The van der Waals surface area contributed by atoms with Gasteiger partial charge in [-0.2, -0.15) is 74.0 Å². The van der Waals surface area contributed by atoms with Crippen LogP contribution in [0.4, 0.5) is 34.1 Å². The molecule has 0 atom stereocenters. The maximum absolute atomic E-state index is 5.36. The second kappa shape index (κ2) is 28.9. The minimum atomic E-state index is 0. The molecule has 0 fully saturated rings. The molecule has 0 bridgehead atoms. The van der Waals surface area contributed by atoms with E-state index in [0.717, 1.165) is 44.8 Å². The van der Waals surface area contributed by atoms with Gasteiger partial charge in [-0.05, 0) is 129 Å². The van der Waals surface area contributed by atoms with E-state index in [1.54, 1.807) is 0 Å². The molecule has 16 aromatic rings. The van der Waals surface area contributed by atoms with Crippen molar-refractivity contribution in [1.29, 1.82) is 0 Å². The van der Waals surface area contributed by atoms with Gasteiger partial charge in [0.05, 0.1) is 0 Å². The number of nitrogens with zero attached hydrogens (tertiary/aromatic N) is 10. The standard InChI is InChI=1S/2C31H30N3.2C14H12N2.2Ir/c1-18(2)22-12-9-13-23(19(3)4)28(22)31-32-29-25-11-8-7-10-24(25)26-14-20-16-33(5)17-21(20)15-27(26)30(29)34(31)6;1-18(2)21-12-9-13-22(19(3)4)28(21)31-32-29-24-11-8-7-10-23(24)25-16-20-14-15-33(5)27(20)17-26(25)30(29)34(31)6;2*1-15-11-16(12-7-3-2-4-8-12)14-10-6-5-9-13(14)15;;/h2*7-10,12-19H,1-6H3;2*2-7,9-11H,1H3;;/q2*-1;2*-2;2*+3. The van der Waals surface area contributed by atoms with E-state index in [0.29, 0.717) is 23.7 Å². The number of para-hydroxylation sites is 6. The quantitative estimate of drug-likeness (QED) is 0.112. The normalized spacial score (nSPS) is 12.6. The van der Waals surface area contributed by atoms with Crippen molar-refractivity contribution in [3.05, 3.63) is 279 Å². The summed E-state index contributed by atoms with van der Waals surface area (Å²) < 4.78 is 8.97. The first-order valence-corrected chi connectivity index (χ1v) is 34.9. The van der Waals surface area contributed by atoms with Crippen molar-refractivity contribution < 1.29 is 40.2 Å². The zero-order valence-corrected chi connectivity index (χ0v) is 65.2. The topological polar surface area (TPSA) is 58.5 Å². The molecular weight excluding hydrogens is 1610 g/mol. The first kappa shape index (κ1) is 70.6. The van der Waals surface area contributed by atoms with E-state index in [9.17, 15) is 0 Å². The van der Waals surface area contributed by atoms with Crippen LogP contribution in [-0.2, 0) is 68.4 Å². The predicted molar refractivity (Wildman–Crippen MR) is 422 cm³/mol. The Bertz CT molecular complexity index is 5560. The summed E-state index contributed by atoms with van der Waals surface area (Å²) in [5, 5.41) is 13.4. The number of imidazole rings is 2. The average Bonchev–Trinajstić information content (AvgIpc) is 1.53. The number of anilines is 6. The number of hydrogen-bond donors (Lipinski definition) is 0. The molecule has 0 N–H and O–H groups in total. The first-order chi connectivity index (χ1) is 48.4. The van der Waals surface area contributed by atoms with Gasteiger partial charge in [-0.15, -0.1) is 70.7 Å². The van der Waals surface area contributed by atoms with Gasteiger partial charge in [0.2, 0.25) is 0 Å². The fraction of sp³-hybridized carbons (Fsp3) is 0.200. The molecule has 0 radical (unpaired) electrons. The van der Waals surface area contributed by atoms with Crippen LogP contribution in [0, 0.1) is 37.6 Å². The molecule has 4 aromatic heterocycles. The van der Waals surface area contributed by atoms with Gasteiger partial charge in [0, 0.05) is 108 Å². The first-order valence-electron chi connectivity index (χ1n) is 34.9. The van der Waals surface area contributed by atoms with Gasteiger partial charge >= 0.3 is 40.2 Å². The molecule has 2 aliphatic rings. The second-order valence-electron chi connectivity index (χ2n) is 28.0. The van der Waals surface area contributed by atoms with Crippen LogP contribution in [0.2, 0.25) is 0 Å². The molecule has 0 amide bonds. The molecule has 6 heterocycles. The Morgan fingerprint density at radius 1 is 0.363 bits per heavy atom. The van der Waals surface area contributed by atoms with Crippen LogP contribution in [0.1, 0.15) is 101 Å². The molecule has 18 rings (SSSR count). The third-order valence-corrected chi connectivity index (χ3v) is 20.1. The summed E-state index contributed by atoms with van der Waals surface area (Å²) in [6, 6.07) is 83.8. The monoisotopic (exact) mass is 1690 g/mol. The SMILES string of the molecule is CC(C)c1cccc(C(C)C)c1-c1nc2c3[c-]cccc3c3cc4ccn(C)c4cc3c2n1C.CC(C)c1cccc(C(C)C)c1-c1nc2c3[c-]cccc3c3cc4cn(C)cc4cc3c2n1C.CN1[CH-]N(c2[c-]cccc2)c2ccccc21.CN1[CH-]N(c2[c-]cccc2)c2ccccc21.[Ir+3].[Ir+3]. The van der Waals surface area contributed by atoms with Crippen molar-refractivity contribution >= 4 is 121 Å². The van der Waals surface area contributed by atoms with Crippen molar-refractivity contribution in [1.82, 2.24) is 28.2 Å². The third kappa shape index (κ3) is 12.5. The van der Waals surface area contributed by atoms with Crippen molar-refractivity contribution in [2.75, 3.05) is 33.7 Å². The number of aryl methyl sites for hydroxylation is 4. The minimum Gasteiger partial charge on any atom is -0.504 e. The van der Waals surface area contributed by atoms with Crippen molar-refractivity contribution in [2.45, 2.75) is 79.1 Å². The Labute approximate surface area is 627 Å². The van der Waals surface area contributed by atoms with Gasteiger partial charge in [0.15, 0.2) is 0 Å². The van der Waals surface area contributed by atoms with Gasteiger partial charge in [0.1, 0.15) is 11.6 Å². The molecule has 102 heavy (non-hydrogen) atoms. The van der Waals surface area contributed by atoms with Crippen LogP contribution < -0.4 is 19.6 Å². The molecule has 12 aromatic carbocycles. The number of aromatic nitrogens is 6. The molecule has 0 saturated heterocycles. The summed E-state index contributed by atoms with van der Waals surface area (Å²) in [5.74, 6) is 3.74. The summed E-state index contributed by atoms with van der Waals surface area (Å²) in [6.07, 6.45) is 6.53. The van der Waals surface area contributed by atoms with E-state index in [1.165, 1.54) is 121 Å². The Balaban J connectivity index is 0.000000127. The Morgan fingerprint density at radius 3 is 1.16 bits per heavy atom. The summed E-state index contributed by atoms with van der Waals surface area (Å²) >= 11 is 0. The molecule has 10 nitrogen and oxygen atoms in total. The largest absolute Gasteiger partial charge is 3.00 e. The van der Waals surface area contributed by atoms with Crippen molar-refractivity contribution in [2.24, 2.45) is 28.2 Å². The van der Waals surface area contributed by atoms with Crippen molar-refractivity contribution in [3.8, 4) is 22.8 Å². The molecule has 0 spiro atoms. The third-order valence-electron chi connectivity index (χ3n) is 20.1. The van der Waals surface area contributed by atoms with E-state index in [4.69, 9.17) is 9.97 Å². The number of rotatable bonds is 8. The smallest absolute Gasteiger partial charge is 0.504 e. The maximum Gasteiger partial charge on any atom is 3.00 e. The van der Waals surface area contributed by atoms with E-state index in [1.807, 2.05) is 48.5 Å². The van der Waals surface area contributed by atoms with Crippen LogP contribution in [0.3, 0.4) is 0 Å². The van der Waals surface area contributed by atoms with E-state index >= 15 is 0 Å². The molecule has 0 aliphatic carbocycles. The minimum absolute atomic E-state index is 0. The number of fused-ring (bicyclic) bond motifs is 16. The van der Waals surface area contributed by atoms with Crippen molar-refractivity contribution in [3.63, 3.8) is 0 Å². The fourth-order valence-electron chi connectivity index (χ4n) is 15.2. The van der Waals surface area contributed by atoms with Gasteiger partial charge in [-0.1, -0.05) is 150 Å². The molecule has 0 saturated carbocycles. The van der Waals surface area contributed by atoms with Crippen LogP contribution in [-0.4, -0.2) is 42.3 Å². The Kier molecular flexibility index (Phi) is 20.0. The predicted octanol–water partition coefficient (Wildman–Crippen LogP) is 22.6. The van der Waals surface area contributed by atoms with Crippen LogP contribution in [0.5, 0.6) is 0 Å². The molecular formula is C90H84Ir2N10. The van der Waals surface area contributed by atoms with Crippen LogP contribution >= 0.6 is 0 Å². The zero-order valence-electron chi connectivity index (χ0n) is 60.4. The molecule has 0 unspecified atom stereocenters. The fourth-order valence-corrected chi connectivity index (χ4v) is 15.2. The van der Waals surface area contributed by atoms with E-state index in [-0.39, 0.29) is 40.2 Å². The zero-order chi connectivity index (χ0) is 69.4. The second-order valence-corrected chi connectivity index (χ2v) is 28.0. The average molecular weight is 1690 g/mol. The van der Waals surface area contributed by atoms with Gasteiger partial charge in [-0.3, -0.25) is 9.97 Å². The van der Waals surface area contributed by atoms with E-state index < -0.39 is 0 Å². The molecule has 512 valence electrons. The van der Waals surface area contributed by atoms with E-state index in [2.05, 4.69) is 343 Å². The number of benzene rings is 12. The molecule has 12 heteroatoms. The van der Waals surface area contributed by atoms with Gasteiger partial charge in [0.25, 0.3) is 0 Å². The maximum atomic E-state index is 5.36. The summed E-state index contributed by atoms with van der Waals surface area (Å²) in [5.41, 5.74) is 20.6. The van der Waals surface area contributed by atoms with Gasteiger partial charge < -0.3 is 37.9 Å². The number of hydrogen-bond acceptors (Lipinski definition) is 6. The molecule has 2 aliphatic heterocycles. The Morgan fingerprint density at radius 2 is 0.745 bits per heavy atom. The van der Waals surface area contributed by atoms with Gasteiger partial charge in [-0.25, -0.2) is 0 Å². The summed E-state index contributed by atoms with van der Waals surface area (Å²) in [4.78, 5) is 19.3. The Hall–Kier alpha value is -9.80. The van der Waals surface area contributed by atoms with Crippen LogP contribution in [0.25, 0.3) is 110 Å².